The fourth-order valence-corrected chi connectivity index (χ4v) is 5.17. The first-order valence-electron chi connectivity index (χ1n) is 10.3. The summed E-state index contributed by atoms with van der Waals surface area (Å²) in [7, 11) is 1.87. The number of ether oxygens (including phenoxy) is 2. The van der Waals surface area contributed by atoms with Crippen molar-refractivity contribution in [2.45, 2.75) is 63.4 Å². The minimum absolute atomic E-state index is 0.0330. The number of aliphatic hydroxyl groups excluding tert-OH is 1. The summed E-state index contributed by atoms with van der Waals surface area (Å²) in [5.74, 6) is 0. The Labute approximate surface area is 161 Å². The predicted octanol–water partition coefficient (Wildman–Crippen LogP) is 3.18. The molecule has 1 saturated carbocycles. The molecule has 0 bridgehead atoms. The number of hydrogen-bond donors (Lipinski definition) is 1. The van der Waals surface area contributed by atoms with Crippen LogP contribution in [0.1, 0.15) is 38.2 Å². The van der Waals surface area contributed by atoms with Gasteiger partial charge in [-0.3, -0.25) is 4.90 Å². The molecule has 5 heteroatoms. The highest BCUT2D eigenvalue weighted by atomic mass is 16.5. The molecule has 1 N–H and O–H groups in total. The number of fused-ring (bicyclic) bond motifs is 2. The predicted molar refractivity (Wildman–Crippen MR) is 107 cm³/mol. The van der Waals surface area contributed by atoms with Gasteiger partial charge in [0.1, 0.15) is 0 Å². The van der Waals surface area contributed by atoms with Gasteiger partial charge < -0.3 is 19.1 Å². The van der Waals surface area contributed by atoms with Crippen molar-refractivity contribution in [1.29, 1.82) is 0 Å². The van der Waals surface area contributed by atoms with E-state index in [4.69, 9.17) is 14.6 Å². The Morgan fingerprint density at radius 1 is 1.26 bits per heavy atom. The molecule has 27 heavy (non-hydrogen) atoms. The van der Waals surface area contributed by atoms with E-state index in [1.165, 1.54) is 16.5 Å². The molecule has 2 fully saturated rings. The molecule has 1 aliphatic heterocycles. The summed E-state index contributed by atoms with van der Waals surface area (Å²) < 4.78 is 14.2. The van der Waals surface area contributed by atoms with E-state index >= 15 is 0 Å². The lowest BCUT2D eigenvalue weighted by Crippen LogP contribution is -2.51. The number of rotatable bonds is 7. The Hall–Kier alpha value is -1.40. The minimum Gasteiger partial charge on any atom is -0.394 e. The highest BCUT2D eigenvalue weighted by Crippen LogP contribution is 2.43. The van der Waals surface area contributed by atoms with Crippen LogP contribution in [0.3, 0.4) is 0 Å². The molecule has 5 nitrogen and oxygen atoms in total. The first-order valence-corrected chi connectivity index (χ1v) is 10.3. The molecular weight excluding hydrogens is 340 g/mol. The van der Waals surface area contributed by atoms with Gasteiger partial charge in [-0.2, -0.15) is 0 Å². The fourth-order valence-electron chi connectivity index (χ4n) is 5.17. The number of methoxy groups -OCH3 is 1. The third kappa shape index (κ3) is 3.54. The van der Waals surface area contributed by atoms with Gasteiger partial charge in [0.25, 0.3) is 0 Å². The van der Waals surface area contributed by atoms with Crippen molar-refractivity contribution in [3.8, 4) is 0 Å². The first-order chi connectivity index (χ1) is 13.2. The van der Waals surface area contributed by atoms with Crippen LogP contribution in [0.2, 0.25) is 0 Å². The summed E-state index contributed by atoms with van der Waals surface area (Å²) in [5.41, 5.74) is 2.64. The van der Waals surface area contributed by atoms with Crippen molar-refractivity contribution >= 4 is 10.9 Å². The molecule has 0 radical (unpaired) electrons. The molecule has 1 aliphatic carbocycles. The zero-order valence-corrected chi connectivity index (χ0v) is 16.6. The van der Waals surface area contributed by atoms with Gasteiger partial charge in [-0.05, 0) is 61.8 Å². The van der Waals surface area contributed by atoms with Gasteiger partial charge in [0.15, 0.2) is 0 Å². The molecule has 2 aromatic rings. The van der Waals surface area contributed by atoms with Gasteiger partial charge in [0.2, 0.25) is 0 Å². The molecule has 2 heterocycles. The average Bonchev–Trinajstić information content (AvgIpc) is 3.27. The molecule has 1 aromatic carbocycles. The molecule has 148 valence electrons. The summed E-state index contributed by atoms with van der Waals surface area (Å²) in [6.07, 6.45) is 6.54. The van der Waals surface area contributed by atoms with E-state index in [1.807, 2.05) is 7.11 Å². The lowest BCUT2D eigenvalue weighted by atomic mass is 9.79. The maximum Gasteiger partial charge on any atom is 0.0847 e. The normalized spacial score (nSPS) is 28.7. The van der Waals surface area contributed by atoms with E-state index < -0.39 is 0 Å². The van der Waals surface area contributed by atoms with Crippen LogP contribution in [-0.2, 0) is 22.6 Å². The number of benzene rings is 1. The van der Waals surface area contributed by atoms with Gasteiger partial charge in [-0.15, -0.1) is 0 Å². The average molecular weight is 373 g/mol. The molecule has 3 atom stereocenters. The summed E-state index contributed by atoms with van der Waals surface area (Å²) in [6.45, 7) is 5.73. The third-order valence-electron chi connectivity index (χ3n) is 6.66. The standard InChI is InChI=1S/C22H32N2O3/c1-3-23-10-7-18-14-17(4-5-20(18)23)16-24-11-9-22(26-2)8-6-19(15-21(22)24)27-13-12-25/h4-5,7,10,14,19,21,25H,3,6,8-9,11-13,15-16H2,1-2H3/t19-,21-,22+/m0/s1. The second-order valence-corrected chi connectivity index (χ2v) is 7.99. The van der Waals surface area contributed by atoms with Crippen molar-refractivity contribution in [2.75, 3.05) is 26.9 Å². The van der Waals surface area contributed by atoms with Gasteiger partial charge in [-0.25, -0.2) is 0 Å². The smallest absolute Gasteiger partial charge is 0.0847 e. The molecule has 0 amide bonds. The Balaban J connectivity index is 1.51. The molecule has 2 aliphatic rings. The first kappa shape index (κ1) is 18.9. The molecule has 1 aromatic heterocycles. The second kappa shape index (κ2) is 7.92. The van der Waals surface area contributed by atoms with Crippen molar-refractivity contribution in [2.24, 2.45) is 0 Å². The largest absolute Gasteiger partial charge is 0.394 e. The Morgan fingerprint density at radius 3 is 2.93 bits per heavy atom. The van der Waals surface area contributed by atoms with Crippen LogP contribution in [-0.4, -0.2) is 59.2 Å². The fraction of sp³-hybridized carbons (Fsp3) is 0.636. The maximum absolute atomic E-state index is 9.07. The van der Waals surface area contributed by atoms with Gasteiger partial charge >= 0.3 is 0 Å². The van der Waals surface area contributed by atoms with Gasteiger partial charge in [-0.1, -0.05) is 6.07 Å². The van der Waals surface area contributed by atoms with E-state index in [2.05, 4.69) is 46.9 Å². The van der Waals surface area contributed by atoms with E-state index in [9.17, 15) is 0 Å². The maximum atomic E-state index is 9.07. The third-order valence-corrected chi connectivity index (χ3v) is 6.66. The van der Waals surface area contributed by atoms with Gasteiger partial charge in [0, 0.05) is 44.5 Å². The molecular formula is C22H32N2O3. The summed E-state index contributed by atoms with van der Waals surface area (Å²) >= 11 is 0. The lowest BCUT2D eigenvalue weighted by molar-refractivity contribution is -0.104. The summed E-state index contributed by atoms with van der Waals surface area (Å²) in [6, 6.07) is 9.45. The van der Waals surface area contributed by atoms with E-state index in [0.29, 0.717) is 12.6 Å². The molecule has 0 spiro atoms. The summed E-state index contributed by atoms with van der Waals surface area (Å²) in [4.78, 5) is 2.58. The van der Waals surface area contributed by atoms with Crippen molar-refractivity contribution in [1.82, 2.24) is 9.47 Å². The van der Waals surface area contributed by atoms with Crippen LogP contribution >= 0.6 is 0 Å². The van der Waals surface area contributed by atoms with Crippen LogP contribution in [0, 0.1) is 0 Å². The monoisotopic (exact) mass is 372 g/mol. The van der Waals surface area contributed by atoms with Crippen molar-refractivity contribution in [3.63, 3.8) is 0 Å². The number of aliphatic hydroxyl groups is 1. The minimum atomic E-state index is -0.0330. The van der Waals surface area contributed by atoms with E-state index in [0.717, 1.165) is 45.3 Å². The molecule has 0 unspecified atom stereocenters. The zero-order valence-electron chi connectivity index (χ0n) is 16.6. The van der Waals surface area contributed by atoms with Crippen LogP contribution in [0.5, 0.6) is 0 Å². The number of nitrogens with zero attached hydrogens (tertiary/aromatic N) is 2. The van der Waals surface area contributed by atoms with Crippen LogP contribution in [0.25, 0.3) is 10.9 Å². The number of aromatic nitrogens is 1. The van der Waals surface area contributed by atoms with Crippen LogP contribution < -0.4 is 0 Å². The Morgan fingerprint density at radius 2 is 2.15 bits per heavy atom. The quantitative estimate of drug-likeness (QED) is 0.811. The Kier molecular flexibility index (Phi) is 5.55. The Bertz CT molecular complexity index is 774. The number of likely N-dealkylation sites (tertiary alicyclic amines) is 1. The highest BCUT2D eigenvalue weighted by Gasteiger charge is 2.51. The topological polar surface area (TPSA) is 46.9 Å². The number of hydrogen-bond acceptors (Lipinski definition) is 4. The number of aryl methyl sites for hydroxylation is 1. The molecule has 1 saturated heterocycles. The van der Waals surface area contributed by atoms with E-state index in [-0.39, 0.29) is 18.3 Å². The zero-order chi connectivity index (χ0) is 18.9. The van der Waals surface area contributed by atoms with Crippen LogP contribution in [0.4, 0.5) is 0 Å². The van der Waals surface area contributed by atoms with Gasteiger partial charge in [0.05, 0.1) is 24.9 Å². The molecule has 4 rings (SSSR count). The lowest BCUT2D eigenvalue weighted by Gasteiger charge is -2.43. The van der Waals surface area contributed by atoms with Crippen molar-refractivity contribution < 1.29 is 14.6 Å². The highest BCUT2D eigenvalue weighted by molar-refractivity contribution is 5.80. The van der Waals surface area contributed by atoms with Crippen LogP contribution in [0.15, 0.2) is 30.5 Å². The SMILES string of the molecule is CCn1ccc2cc(CN3CC[C@]4(OC)CC[C@H](OCCO)C[C@H]34)ccc21. The van der Waals surface area contributed by atoms with Crippen molar-refractivity contribution in [3.05, 3.63) is 36.0 Å². The second-order valence-electron chi connectivity index (χ2n) is 7.99. The van der Waals surface area contributed by atoms with E-state index in [1.54, 1.807) is 0 Å². The summed E-state index contributed by atoms with van der Waals surface area (Å²) in [5, 5.41) is 10.4.